The average molecular weight is 255 g/mol. The number of carbonyl (C=O) groups is 1. The quantitative estimate of drug-likeness (QED) is 0.215. The van der Waals surface area contributed by atoms with Crippen LogP contribution in [0.1, 0.15) is 11.8 Å². The van der Waals surface area contributed by atoms with Gasteiger partial charge in [-0.05, 0) is 6.07 Å². The van der Waals surface area contributed by atoms with E-state index in [1.54, 1.807) is 0 Å². The van der Waals surface area contributed by atoms with Gasteiger partial charge < -0.3 is 1.43 Å². The molecule has 0 spiro atoms. The molecule has 1 aromatic carbocycles. The Labute approximate surface area is 114 Å². The van der Waals surface area contributed by atoms with Crippen LogP contribution in [0.2, 0.25) is 0 Å². The van der Waals surface area contributed by atoms with Crippen LogP contribution in [0.5, 0.6) is 0 Å². The maximum absolute atomic E-state index is 10.7. The largest absolute Gasteiger partial charge is 1.00 e. The Hall–Kier alpha value is -0.800. The summed E-state index contributed by atoms with van der Waals surface area (Å²) in [6, 6.07) is 2.42. The van der Waals surface area contributed by atoms with Gasteiger partial charge in [-0.2, -0.15) is 8.42 Å². The summed E-state index contributed by atoms with van der Waals surface area (Å²) in [7, 11) is -4.55. The Morgan fingerprint density at radius 2 is 1.94 bits per heavy atom. The van der Waals surface area contributed by atoms with Crippen LogP contribution in [-0.2, 0) is 10.1 Å². The fourth-order valence-corrected chi connectivity index (χ4v) is 1.48. The number of rotatable bonds is 3. The van der Waals surface area contributed by atoms with Crippen LogP contribution in [0.3, 0.4) is 0 Å². The zero-order chi connectivity index (χ0) is 11.6. The molecule has 16 heavy (non-hydrogen) atoms. The van der Waals surface area contributed by atoms with E-state index < -0.39 is 25.6 Å². The third-order valence-electron chi connectivity index (χ3n) is 1.56. The molecule has 0 radical (unpaired) electrons. The van der Waals surface area contributed by atoms with Crippen molar-refractivity contribution in [1.29, 1.82) is 0 Å². The summed E-state index contributed by atoms with van der Waals surface area (Å²) >= 11 is 0. The molecule has 0 fully saturated rings. The van der Waals surface area contributed by atoms with Gasteiger partial charge in [0.2, 0.25) is 0 Å². The number of nitro groups is 1. The minimum absolute atomic E-state index is 0. The van der Waals surface area contributed by atoms with Gasteiger partial charge in [0, 0.05) is 17.7 Å². The van der Waals surface area contributed by atoms with Crippen molar-refractivity contribution in [1.82, 2.24) is 0 Å². The van der Waals surface area contributed by atoms with Crippen molar-refractivity contribution in [2.24, 2.45) is 0 Å². The van der Waals surface area contributed by atoms with Crippen molar-refractivity contribution in [2.75, 3.05) is 0 Å². The van der Waals surface area contributed by atoms with Crippen molar-refractivity contribution in [3.8, 4) is 0 Å². The standard InChI is InChI=1S/C7H5NO6S.Na.H/c9-4-5-1-6(8(10)11)3-7(2-5)15(12,13)14;;/h1-4H,(H,12,13,14);;/q;+1;-1. The van der Waals surface area contributed by atoms with E-state index in [0.29, 0.717) is 6.07 Å². The minimum Gasteiger partial charge on any atom is -1.00 e. The Morgan fingerprint density at radius 3 is 2.31 bits per heavy atom. The van der Waals surface area contributed by atoms with E-state index >= 15 is 0 Å². The fourth-order valence-electron chi connectivity index (χ4n) is 0.928. The molecule has 0 aromatic heterocycles. The van der Waals surface area contributed by atoms with Crippen LogP contribution in [0, 0.1) is 10.1 Å². The molecule has 1 aromatic rings. The number of carbonyl (C=O) groups excluding carboxylic acids is 1. The molecule has 0 aliphatic heterocycles. The Kier molecular flexibility index (Phi) is 5.23. The molecular formula is C7H6NNaO6S. The molecule has 0 aliphatic carbocycles. The van der Waals surface area contributed by atoms with Crippen molar-refractivity contribution < 1.29 is 53.7 Å². The molecule has 7 nitrogen and oxygen atoms in total. The zero-order valence-electron chi connectivity index (χ0n) is 9.15. The Morgan fingerprint density at radius 1 is 1.38 bits per heavy atom. The number of nitrogens with zero attached hydrogens (tertiary/aromatic N) is 1. The molecule has 0 atom stereocenters. The number of hydrogen-bond donors (Lipinski definition) is 1. The molecule has 0 heterocycles. The fraction of sp³-hybridized carbons (Fsp3) is 0. The van der Waals surface area contributed by atoms with Gasteiger partial charge in [0.25, 0.3) is 15.8 Å². The molecule has 1 N–H and O–H groups in total. The van der Waals surface area contributed by atoms with E-state index in [9.17, 15) is 23.3 Å². The molecular weight excluding hydrogens is 249 g/mol. The molecule has 0 amide bonds. The predicted octanol–water partition coefficient (Wildman–Crippen LogP) is -2.23. The first-order chi connectivity index (χ1) is 6.84. The maximum Gasteiger partial charge on any atom is 1.00 e. The summed E-state index contributed by atoms with van der Waals surface area (Å²) in [5.74, 6) is 0. The second-order valence-electron chi connectivity index (χ2n) is 2.61. The van der Waals surface area contributed by atoms with Crippen LogP contribution >= 0.6 is 0 Å². The van der Waals surface area contributed by atoms with Gasteiger partial charge in [0.05, 0.1) is 4.92 Å². The molecule has 0 saturated heterocycles. The molecule has 0 aliphatic rings. The minimum atomic E-state index is -4.55. The SMILES string of the molecule is O=Cc1cc([N+](=O)[O-])cc(S(=O)(=O)O)c1.[H-].[Na+]. The van der Waals surface area contributed by atoms with E-state index in [0.717, 1.165) is 12.1 Å². The molecule has 0 saturated carbocycles. The molecule has 1 rings (SSSR count). The molecule has 82 valence electrons. The average Bonchev–Trinajstić information content (AvgIpc) is 2.15. The van der Waals surface area contributed by atoms with Gasteiger partial charge in [-0.25, -0.2) is 0 Å². The molecule has 9 heteroatoms. The van der Waals surface area contributed by atoms with E-state index in [-0.39, 0.29) is 42.8 Å². The second-order valence-corrected chi connectivity index (χ2v) is 4.03. The van der Waals surface area contributed by atoms with Gasteiger partial charge in [0.15, 0.2) is 0 Å². The maximum atomic E-state index is 10.7. The summed E-state index contributed by atoms with van der Waals surface area (Å²) < 4.78 is 30.0. The summed E-state index contributed by atoms with van der Waals surface area (Å²) in [6.45, 7) is 0. The van der Waals surface area contributed by atoms with E-state index in [4.69, 9.17) is 4.55 Å². The van der Waals surface area contributed by atoms with E-state index in [2.05, 4.69) is 0 Å². The smallest absolute Gasteiger partial charge is 1.00 e. The molecule has 0 bridgehead atoms. The van der Waals surface area contributed by atoms with Crippen LogP contribution in [0.25, 0.3) is 0 Å². The summed E-state index contributed by atoms with van der Waals surface area (Å²) in [5, 5.41) is 10.4. The monoisotopic (exact) mass is 255 g/mol. The first kappa shape index (κ1) is 15.2. The van der Waals surface area contributed by atoms with Gasteiger partial charge in [0.1, 0.15) is 11.2 Å². The summed E-state index contributed by atoms with van der Waals surface area (Å²) in [5.41, 5.74) is -0.774. The first-order valence-electron chi connectivity index (χ1n) is 3.57. The third-order valence-corrected chi connectivity index (χ3v) is 2.39. The van der Waals surface area contributed by atoms with Crippen molar-refractivity contribution in [2.45, 2.75) is 4.90 Å². The van der Waals surface area contributed by atoms with Gasteiger partial charge >= 0.3 is 29.6 Å². The predicted molar refractivity (Wildman–Crippen MR) is 49.4 cm³/mol. The normalized spacial score (nSPS) is 10.3. The van der Waals surface area contributed by atoms with Crippen molar-refractivity contribution in [3.05, 3.63) is 33.9 Å². The summed E-state index contributed by atoms with van der Waals surface area (Å²) in [6.07, 6.45) is 0.252. The zero-order valence-corrected chi connectivity index (χ0v) is 11.0. The second kappa shape index (κ2) is 5.51. The van der Waals surface area contributed by atoms with E-state index in [1.165, 1.54) is 0 Å². The summed E-state index contributed by atoms with van der Waals surface area (Å²) in [4.78, 5) is 19.2. The van der Waals surface area contributed by atoms with Gasteiger partial charge in [-0.3, -0.25) is 19.5 Å². The first-order valence-corrected chi connectivity index (χ1v) is 5.01. The number of nitro benzene ring substituents is 1. The van der Waals surface area contributed by atoms with Crippen LogP contribution in [0.4, 0.5) is 5.69 Å². The van der Waals surface area contributed by atoms with Crippen LogP contribution in [-0.4, -0.2) is 24.2 Å². The molecule has 0 unspecified atom stereocenters. The van der Waals surface area contributed by atoms with Crippen molar-refractivity contribution in [3.63, 3.8) is 0 Å². The number of non-ortho nitro benzene ring substituents is 1. The Bertz CT molecular complexity index is 531. The Balaban J connectivity index is 0. The van der Waals surface area contributed by atoms with Gasteiger partial charge in [-0.15, -0.1) is 0 Å². The third kappa shape index (κ3) is 3.65. The number of hydrogen-bond acceptors (Lipinski definition) is 5. The van der Waals surface area contributed by atoms with Crippen LogP contribution < -0.4 is 29.6 Å². The number of benzene rings is 1. The van der Waals surface area contributed by atoms with Gasteiger partial charge in [-0.1, -0.05) is 0 Å². The number of aldehydes is 1. The topological polar surface area (TPSA) is 115 Å². The van der Waals surface area contributed by atoms with Crippen LogP contribution in [0.15, 0.2) is 23.1 Å². The van der Waals surface area contributed by atoms with E-state index in [1.807, 2.05) is 0 Å². The van der Waals surface area contributed by atoms with Crippen molar-refractivity contribution >= 4 is 22.1 Å².